The van der Waals surface area contributed by atoms with Crippen LogP contribution in [0.3, 0.4) is 0 Å². The van der Waals surface area contributed by atoms with Gasteiger partial charge in [0.25, 0.3) is 0 Å². The number of hydrogen-bond donors (Lipinski definition) is 0. The number of esters is 1. The lowest BCUT2D eigenvalue weighted by atomic mass is 9.84. The summed E-state index contributed by atoms with van der Waals surface area (Å²) in [6.45, 7) is 1.75. The van der Waals surface area contributed by atoms with E-state index in [0.29, 0.717) is 5.56 Å². The van der Waals surface area contributed by atoms with Crippen LogP contribution >= 0.6 is 0 Å². The normalized spacial score (nSPS) is 19.0. The van der Waals surface area contributed by atoms with Crippen LogP contribution in [-0.4, -0.2) is 18.4 Å². The summed E-state index contributed by atoms with van der Waals surface area (Å²) >= 11 is 0. The van der Waals surface area contributed by atoms with Gasteiger partial charge in [-0.15, -0.1) is 0 Å². The Kier molecular flexibility index (Phi) is 3.82. The minimum atomic E-state index is -2.52. The molecule has 0 aromatic heterocycles. The summed E-state index contributed by atoms with van der Waals surface area (Å²) in [5, 5.41) is 0. The van der Waals surface area contributed by atoms with Crippen LogP contribution in [-0.2, 0) is 15.2 Å². The van der Waals surface area contributed by atoms with Gasteiger partial charge in [0.15, 0.2) is 0 Å². The van der Waals surface area contributed by atoms with E-state index in [-0.39, 0.29) is 23.3 Å². The van der Waals surface area contributed by atoms with Gasteiger partial charge in [0.05, 0.1) is 12.2 Å². The van der Waals surface area contributed by atoms with Crippen molar-refractivity contribution in [1.82, 2.24) is 0 Å². The summed E-state index contributed by atoms with van der Waals surface area (Å²) in [6.07, 6.45) is 1.40. The number of fused-ring (bicyclic) bond motifs is 1. The van der Waals surface area contributed by atoms with E-state index < -0.39 is 17.4 Å². The van der Waals surface area contributed by atoms with Gasteiger partial charge in [-0.3, -0.25) is 4.79 Å². The average Bonchev–Trinajstić information content (AvgIpc) is 2.90. The first-order valence-corrected chi connectivity index (χ1v) is 7.36. The highest BCUT2D eigenvalue weighted by molar-refractivity contribution is 6.15. The van der Waals surface area contributed by atoms with E-state index in [1.165, 1.54) is 24.3 Å². The van der Waals surface area contributed by atoms with Gasteiger partial charge in [0, 0.05) is 11.1 Å². The fraction of sp³-hybridized carbons (Fsp3) is 0.158. The molecule has 2 aromatic rings. The highest BCUT2D eigenvalue weighted by atomic mass is 19.1. The molecule has 1 unspecified atom stereocenters. The first-order valence-electron chi connectivity index (χ1n) is 7.36. The molecule has 0 radical (unpaired) electrons. The second-order valence-electron chi connectivity index (χ2n) is 5.22. The van der Waals surface area contributed by atoms with Crippen molar-refractivity contribution in [1.29, 1.82) is 0 Å². The number of benzene rings is 2. The number of carbonyl (C=O) groups excluding carboxylic acids is 2. The van der Waals surface area contributed by atoms with Crippen molar-refractivity contribution in [2.45, 2.75) is 12.6 Å². The van der Waals surface area contributed by atoms with E-state index in [4.69, 9.17) is 4.74 Å². The summed E-state index contributed by atoms with van der Waals surface area (Å²) < 4.78 is 20.8. The van der Waals surface area contributed by atoms with Crippen LogP contribution < -0.4 is 0 Å². The minimum Gasteiger partial charge on any atom is -0.463 e. The maximum Gasteiger partial charge on any atom is 0.338 e. The van der Waals surface area contributed by atoms with Crippen molar-refractivity contribution in [2.75, 3.05) is 6.61 Å². The van der Waals surface area contributed by atoms with Crippen LogP contribution in [0, 0.1) is 0 Å². The maximum atomic E-state index is 15.9. The number of halogens is 1. The van der Waals surface area contributed by atoms with E-state index in [1.807, 2.05) is 0 Å². The van der Waals surface area contributed by atoms with Gasteiger partial charge >= 0.3 is 5.97 Å². The number of carbonyl (C=O) groups is 2. The third-order valence-electron chi connectivity index (χ3n) is 3.85. The summed E-state index contributed by atoms with van der Waals surface area (Å²) in [4.78, 5) is 25.0. The number of alkyl halides is 1. The Morgan fingerprint density at radius 2 is 1.70 bits per heavy atom. The van der Waals surface area contributed by atoms with E-state index in [2.05, 4.69) is 0 Å². The van der Waals surface area contributed by atoms with Crippen LogP contribution in [0.4, 0.5) is 4.39 Å². The van der Waals surface area contributed by atoms with Crippen molar-refractivity contribution in [2.24, 2.45) is 0 Å². The highest BCUT2D eigenvalue weighted by Gasteiger charge is 2.52. The Balaban J connectivity index is 2.14. The van der Waals surface area contributed by atoms with Crippen molar-refractivity contribution in [3.63, 3.8) is 0 Å². The number of ether oxygens (including phenoxy) is 1. The first kappa shape index (κ1) is 15.2. The van der Waals surface area contributed by atoms with Crippen LogP contribution in [0.5, 0.6) is 0 Å². The number of ketones is 1. The minimum absolute atomic E-state index is 0.113. The molecule has 0 spiro atoms. The van der Waals surface area contributed by atoms with Crippen LogP contribution in [0.2, 0.25) is 0 Å². The maximum absolute atomic E-state index is 15.9. The Morgan fingerprint density at radius 1 is 1.04 bits per heavy atom. The van der Waals surface area contributed by atoms with Gasteiger partial charge in [0.1, 0.15) is 0 Å². The molecule has 2 aromatic carbocycles. The van der Waals surface area contributed by atoms with E-state index in [9.17, 15) is 9.59 Å². The SMILES string of the molecule is CCOC(=O)C1=Cc2ccccc2C1(F)C(=O)c1ccccc1. The zero-order chi connectivity index (χ0) is 16.4. The monoisotopic (exact) mass is 310 g/mol. The van der Waals surface area contributed by atoms with Crippen LogP contribution in [0.25, 0.3) is 6.08 Å². The largest absolute Gasteiger partial charge is 0.463 e. The lowest BCUT2D eigenvalue weighted by Crippen LogP contribution is -2.35. The van der Waals surface area contributed by atoms with Crippen molar-refractivity contribution < 1.29 is 18.7 Å². The predicted octanol–water partition coefficient (Wildman–Crippen LogP) is 3.69. The third kappa shape index (κ3) is 2.36. The zero-order valence-electron chi connectivity index (χ0n) is 12.6. The van der Waals surface area contributed by atoms with Crippen LogP contribution in [0.1, 0.15) is 28.4 Å². The number of hydrogen-bond acceptors (Lipinski definition) is 3. The van der Waals surface area contributed by atoms with Gasteiger partial charge in [-0.1, -0.05) is 54.6 Å². The molecule has 0 saturated heterocycles. The molecule has 1 aliphatic rings. The summed E-state index contributed by atoms with van der Waals surface area (Å²) in [5.74, 6) is -1.57. The molecule has 1 atom stereocenters. The molecule has 3 nitrogen and oxygen atoms in total. The van der Waals surface area contributed by atoms with E-state index in [1.54, 1.807) is 43.3 Å². The molecular weight excluding hydrogens is 295 g/mol. The summed E-state index contributed by atoms with van der Waals surface area (Å²) in [6, 6.07) is 14.7. The smallest absolute Gasteiger partial charge is 0.338 e. The fourth-order valence-corrected chi connectivity index (χ4v) is 2.78. The predicted molar refractivity (Wildman–Crippen MR) is 84.6 cm³/mol. The van der Waals surface area contributed by atoms with Gasteiger partial charge in [-0.2, -0.15) is 0 Å². The van der Waals surface area contributed by atoms with Gasteiger partial charge in [0.2, 0.25) is 11.5 Å². The Morgan fingerprint density at radius 3 is 2.39 bits per heavy atom. The van der Waals surface area contributed by atoms with Crippen LogP contribution in [0.15, 0.2) is 60.2 Å². The third-order valence-corrected chi connectivity index (χ3v) is 3.85. The molecule has 0 N–H and O–H groups in total. The molecule has 0 amide bonds. The molecule has 0 heterocycles. The van der Waals surface area contributed by atoms with Crippen molar-refractivity contribution in [3.05, 3.63) is 76.9 Å². The molecule has 0 fully saturated rings. The fourth-order valence-electron chi connectivity index (χ4n) is 2.78. The quantitative estimate of drug-likeness (QED) is 0.639. The molecule has 0 aliphatic heterocycles. The first-order chi connectivity index (χ1) is 11.1. The van der Waals surface area contributed by atoms with Crippen molar-refractivity contribution >= 4 is 17.8 Å². The number of rotatable bonds is 4. The molecule has 0 bridgehead atoms. The lowest BCUT2D eigenvalue weighted by Gasteiger charge is -2.23. The van der Waals surface area contributed by atoms with E-state index in [0.717, 1.165) is 0 Å². The standard InChI is InChI=1S/C19H15FO3/c1-2-23-18(22)16-12-14-10-6-7-11-15(14)19(16,20)17(21)13-8-4-3-5-9-13/h3-12H,2H2,1H3. The van der Waals surface area contributed by atoms with Gasteiger partial charge in [-0.05, 0) is 18.6 Å². The second-order valence-corrected chi connectivity index (χ2v) is 5.22. The topological polar surface area (TPSA) is 43.4 Å². The molecule has 3 rings (SSSR count). The lowest BCUT2D eigenvalue weighted by molar-refractivity contribution is -0.139. The molecule has 23 heavy (non-hydrogen) atoms. The van der Waals surface area contributed by atoms with E-state index >= 15 is 4.39 Å². The number of Topliss-reactive ketones (excluding diaryl/α,β-unsaturated/α-hetero) is 1. The summed E-state index contributed by atoms with van der Waals surface area (Å²) in [7, 11) is 0. The zero-order valence-corrected chi connectivity index (χ0v) is 12.6. The molecular formula is C19H15FO3. The molecule has 116 valence electrons. The second kappa shape index (κ2) is 5.80. The molecule has 0 saturated carbocycles. The van der Waals surface area contributed by atoms with Gasteiger partial charge in [-0.25, -0.2) is 9.18 Å². The van der Waals surface area contributed by atoms with Gasteiger partial charge < -0.3 is 4.74 Å². The Hall–Kier alpha value is -2.75. The highest BCUT2D eigenvalue weighted by Crippen LogP contribution is 2.45. The Bertz CT molecular complexity index is 795. The van der Waals surface area contributed by atoms with Crippen molar-refractivity contribution in [3.8, 4) is 0 Å². The average molecular weight is 310 g/mol. The Labute approximate surface area is 133 Å². The molecule has 4 heteroatoms. The molecule has 1 aliphatic carbocycles. The summed E-state index contributed by atoms with van der Waals surface area (Å²) in [5.41, 5.74) is -1.89.